The average molecular weight is 231 g/mol. The Kier molecular flexibility index (Phi) is 2.74. The predicted molar refractivity (Wildman–Crippen MR) is 62.6 cm³/mol. The monoisotopic (exact) mass is 231 g/mol. The van der Waals surface area contributed by atoms with Crippen molar-refractivity contribution in [1.29, 1.82) is 0 Å². The molecule has 2 rings (SSSR count). The number of amides is 1. The smallest absolute Gasteiger partial charge is 0.252 e. The van der Waals surface area contributed by atoms with E-state index in [2.05, 4.69) is 4.98 Å². The quantitative estimate of drug-likeness (QED) is 0.822. The molecule has 0 atom stereocenters. The number of hydrogen-bond acceptors (Lipinski definition) is 3. The van der Waals surface area contributed by atoms with Crippen molar-refractivity contribution < 1.29 is 9.18 Å². The van der Waals surface area contributed by atoms with Crippen molar-refractivity contribution in [2.45, 2.75) is 0 Å². The largest absolute Gasteiger partial charge is 0.383 e. The maximum atomic E-state index is 13.8. The molecule has 1 amide bonds. The number of carbonyl (C=O) groups excluding carboxylic acids is 1. The molecular formula is C12H10FN3O. The van der Waals surface area contributed by atoms with Crippen molar-refractivity contribution in [3.63, 3.8) is 0 Å². The third-order valence-corrected chi connectivity index (χ3v) is 2.32. The van der Waals surface area contributed by atoms with Crippen LogP contribution in [0.4, 0.5) is 10.2 Å². The zero-order chi connectivity index (χ0) is 12.4. The fraction of sp³-hybridized carbons (Fsp3) is 0. The van der Waals surface area contributed by atoms with Gasteiger partial charge >= 0.3 is 0 Å². The maximum absolute atomic E-state index is 13.8. The summed E-state index contributed by atoms with van der Waals surface area (Å²) in [4.78, 5) is 14.8. The molecule has 0 aliphatic rings. The number of carbonyl (C=O) groups is 1. The van der Waals surface area contributed by atoms with Crippen LogP contribution in [0, 0.1) is 5.82 Å². The summed E-state index contributed by atoms with van der Waals surface area (Å²) in [6.45, 7) is 0. The molecule has 86 valence electrons. The second-order valence-corrected chi connectivity index (χ2v) is 3.48. The fourth-order valence-corrected chi connectivity index (χ4v) is 1.50. The van der Waals surface area contributed by atoms with Gasteiger partial charge in [-0.1, -0.05) is 30.3 Å². The van der Waals surface area contributed by atoms with Gasteiger partial charge in [-0.25, -0.2) is 9.37 Å². The molecule has 0 bridgehead atoms. The molecule has 0 saturated carbocycles. The van der Waals surface area contributed by atoms with Crippen molar-refractivity contribution in [2.75, 3.05) is 5.73 Å². The summed E-state index contributed by atoms with van der Waals surface area (Å²) in [5.74, 6) is -1.49. The van der Waals surface area contributed by atoms with Gasteiger partial charge in [-0.05, 0) is 6.07 Å². The van der Waals surface area contributed by atoms with Crippen molar-refractivity contribution in [3.8, 4) is 11.3 Å². The van der Waals surface area contributed by atoms with Gasteiger partial charge in [0.15, 0.2) is 0 Å². The van der Waals surface area contributed by atoms with E-state index in [0.29, 0.717) is 5.56 Å². The minimum Gasteiger partial charge on any atom is -0.383 e. The first-order valence-electron chi connectivity index (χ1n) is 4.91. The number of rotatable bonds is 2. The highest BCUT2D eigenvalue weighted by molar-refractivity contribution is 5.97. The lowest BCUT2D eigenvalue weighted by molar-refractivity contribution is 0.100. The van der Waals surface area contributed by atoms with E-state index in [1.165, 1.54) is 0 Å². The number of nitrogens with zero attached hydrogens (tertiary/aromatic N) is 1. The first-order chi connectivity index (χ1) is 8.09. The third-order valence-electron chi connectivity index (χ3n) is 2.32. The number of nitrogen functional groups attached to an aromatic ring is 1. The van der Waals surface area contributed by atoms with Crippen molar-refractivity contribution in [2.24, 2.45) is 5.73 Å². The number of hydrogen-bond donors (Lipinski definition) is 2. The molecule has 1 heterocycles. The van der Waals surface area contributed by atoms with Crippen LogP contribution in [0.5, 0.6) is 0 Å². The van der Waals surface area contributed by atoms with Gasteiger partial charge in [0.2, 0.25) is 0 Å². The van der Waals surface area contributed by atoms with Gasteiger partial charge in [-0.2, -0.15) is 0 Å². The molecule has 0 radical (unpaired) electrons. The summed E-state index contributed by atoms with van der Waals surface area (Å²) in [5.41, 5.74) is 11.2. The molecule has 5 heteroatoms. The van der Waals surface area contributed by atoms with Gasteiger partial charge < -0.3 is 11.5 Å². The summed E-state index contributed by atoms with van der Waals surface area (Å²) >= 11 is 0. The van der Waals surface area contributed by atoms with Gasteiger partial charge in [-0.3, -0.25) is 4.79 Å². The molecule has 4 N–H and O–H groups in total. The van der Waals surface area contributed by atoms with E-state index in [1.54, 1.807) is 24.3 Å². The number of pyridine rings is 1. The summed E-state index contributed by atoms with van der Waals surface area (Å²) in [6.07, 6.45) is 0. The van der Waals surface area contributed by atoms with E-state index in [-0.39, 0.29) is 17.1 Å². The van der Waals surface area contributed by atoms with E-state index in [4.69, 9.17) is 11.5 Å². The third kappa shape index (κ3) is 2.08. The topological polar surface area (TPSA) is 82.0 Å². The summed E-state index contributed by atoms with van der Waals surface area (Å²) in [7, 11) is 0. The first kappa shape index (κ1) is 11.1. The molecule has 1 aromatic carbocycles. The van der Waals surface area contributed by atoms with Crippen molar-refractivity contribution in [1.82, 2.24) is 4.98 Å². The fourth-order valence-electron chi connectivity index (χ4n) is 1.50. The maximum Gasteiger partial charge on any atom is 0.252 e. The Hall–Kier alpha value is -2.43. The van der Waals surface area contributed by atoms with Crippen LogP contribution in [-0.4, -0.2) is 10.9 Å². The van der Waals surface area contributed by atoms with E-state index < -0.39 is 11.7 Å². The highest BCUT2D eigenvalue weighted by atomic mass is 19.1. The van der Waals surface area contributed by atoms with Gasteiger partial charge in [0.05, 0.1) is 5.56 Å². The number of primary amides is 1. The normalized spacial score (nSPS) is 10.2. The minimum absolute atomic E-state index is 0.0715. The van der Waals surface area contributed by atoms with Crippen LogP contribution in [0.1, 0.15) is 10.4 Å². The SMILES string of the molecule is NC(=O)c1cc(F)c(-c2ccccc2)nc1N. The minimum atomic E-state index is -0.798. The molecule has 0 spiro atoms. The van der Waals surface area contributed by atoms with E-state index >= 15 is 0 Å². The molecule has 0 aliphatic carbocycles. The van der Waals surface area contributed by atoms with Crippen LogP contribution in [0.2, 0.25) is 0 Å². The van der Waals surface area contributed by atoms with Crippen LogP contribution < -0.4 is 11.5 Å². The molecule has 1 aromatic heterocycles. The Labute approximate surface area is 97.1 Å². The van der Waals surface area contributed by atoms with Crippen LogP contribution in [0.25, 0.3) is 11.3 Å². The Balaban J connectivity index is 2.58. The molecular weight excluding hydrogens is 221 g/mol. The lowest BCUT2D eigenvalue weighted by atomic mass is 10.1. The summed E-state index contributed by atoms with van der Waals surface area (Å²) < 4.78 is 13.8. The Morgan fingerprint density at radius 1 is 1.24 bits per heavy atom. The molecule has 17 heavy (non-hydrogen) atoms. The van der Waals surface area contributed by atoms with E-state index in [9.17, 15) is 9.18 Å². The highest BCUT2D eigenvalue weighted by Gasteiger charge is 2.14. The van der Waals surface area contributed by atoms with E-state index in [1.807, 2.05) is 6.07 Å². The summed E-state index contributed by atoms with van der Waals surface area (Å²) in [5, 5.41) is 0. The number of halogens is 1. The number of benzene rings is 1. The standard InChI is InChI=1S/C12H10FN3O/c13-9-6-8(12(15)17)11(14)16-10(9)7-4-2-1-3-5-7/h1-6H,(H2,14,16)(H2,15,17). The van der Waals surface area contributed by atoms with E-state index in [0.717, 1.165) is 6.07 Å². The zero-order valence-corrected chi connectivity index (χ0v) is 8.85. The van der Waals surface area contributed by atoms with Crippen LogP contribution in [-0.2, 0) is 0 Å². The average Bonchev–Trinajstić information content (AvgIpc) is 2.32. The van der Waals surface area contributed by atoms with Gasteiger partial charge in [0, 0.05) is 5.56 Å². The van der Waals surface area contributed by atoms with Crippen molar-refractivity contribution >= 4 is 11.7 Å². The van der Waals surface area contributed by atoms with Crippen LogP contribution >= 0.6 is 0 Å². The van der Waals surface area contributed by atoms with Gasteiger partial charge in [-0.15, -0.1) is 0 Å². The summed E-state index contributed by atoms with van der Waals surface area (Å²) in [6, 6.07) is 9.74. The predicted octanol–water partition coefficient (Wildman–Crippen LogP) is 1.57. The second-order valence-electron chi connectivity index (χ2n) is 3.48. The van der Waals surface area contributed by atoms with Gasteiger partial charge in [0.25, 0.3) is 5.91 Å². The number of aromatic nitrogens is 1. The first-order valence-corrected chi connectivity index (χ1v) is 4.91. The lowest BCUT2D eigenvalue weighted by Crippen LogP contribution is -2.15. The number of nitrogens with two attached hydrogens (primary N) is 2. The second kappa shape index (κ2) is 4.21. The molecule has 0 fully saturated rings. The van der Waals surface area contributed by atoms with Crippen LogP contribution in [0.15, 0.2) is 36.4 Å². The lowest BCUT2D eigenvalue weighted by Gasteiger charge is -2.06. The Morgan fingerprint density at radius 3 is 2.47 bits per heavy atom. The molecule has 0 aliphatic heterocycles. The molecule has 0 saturated heterocycles. The highest BCUT2D eigenvalue weighted by Crippen LogP contribution is 2.23. The van der Waals surface area contributed by atoms with Crippen molar-refractivity contribution in [3.05, 3.63) is 47.8 Å². The zero-order valence-electron chi connectivity index (χ0n) is 8.85. The molecule has 4 nitrogen and oxygen atoms in total. The molecule has 2 aromatic rings. The number of anilines is 1. The Morgan fingerprint density at radius 2 is 1.88 bits per heavy atom. The molecule has 0 unspecified atom stereocenters. The Bertz CT molecular complexity index is 569. The van der Waals surface area contributed by atoms with Crippen LogP contribution in [0.3, 0.4) is 0 Å². The van der Waals surface area contributed by atoms with Gasteiger partial charge in [0.1, 0.15) is 17.3 Å².